The van der Waals surface area contributed by atoms with Crippen LogP contribution in [-0.2, 0) is 29.0 Å². The molecule has 0 saturated heterocycles. The quantitative estimate of drug-likeness (QED) is 0.892. The second-order valence-electron chi connectivity index (χ2n) is 6.61. The van der Waals surface area contributed by atoms with Crippen LogP contribution in [0.3, 0.4) is 0 Å². The highest BCUT2D eigenvalue weighted by Crippen LogP contribution is 2.34. The lowest BCUT2D eigenvalue weighted by atomic mass is 10.0. The molecule has 0 aliphatic heterocycles. The molecule has 3 rings (SSSR count). The normalized spacial score (nSPS) is 14.8. The monoisotopic (exact) mass is 347 g/mol. The van der Waals surface area contributed by atoms with Gasteiger partial charge in [0, 0.05) is 4.88 Å². The Morgan fingerprint density at radius 3 is 2.79 bits per heavy atom. The molecule has 128 valence electrons. The molecule has 0 bridgehead atoms. The molecule has 0 fully saturated rings. The van der Waals surface area contributed by atoms with Crippen molar-refractivity contribution in [2.45, 2.75) is 52.6 Å². The first-order valence-electron chi connectivity index (χ1n) is 8.18. The van der Waals surface area contributed by atoms with Gasteiger partial charge in [0.25, 0.3) is 5.56 Å². The molecule has 1 aliphatic rings. The van der Waals surface area contributed by atoms with Gasteiger partial charge < -0.3 is 5.32 Å². The van der Waals surface area contributed by atoms with E-state index in [1.807, 2.05) is 13.8 Å². The smallest absolute Gasteiger partial charge is 0.262 e. The second-order valence-corrected chi connectivity index (χ2v) is 7.70. The molecular weight excluding hydrogens is 326 g/mol. The summed E-state index contributed by atoms with van der Waals surface area (Å²) in [6.07, 6.45) is 4.40. The number of carbonyl (C=O) groups is 2. The number of aryl methyl sites for hydroxylation is 2. The zero-order chi connectivity index (χ0) is 17.4. The molecule has 1 atom stereocenters. The first-order chi connectivity index (χ1) is 11.4. The van der Waals surface area contributed by atoms with E-state index >= 15 is 0 Å². The van der Waals surface area contributed by atoms with Gasteiger partial charge >= 0.3 is 0 Å². The van der Waals surface area contributed by atoms with Crippen LogP contribution in [0.25, 0.3) is 10.2 Å². The summed E-state index contributed by atoms with van der Waals surface area (Å²) in [7, 11) is 0. The van der Waals surface area contributed by atoms with E-state index in [0.29, 0.717) is 5.39 Å². The van der Waals surface area contributed by atoms with E-state index in [4.69, 9.17) is 0 Å². The van der Waals surface area contributed by atoms with Crippen LogP contribution in [0.2, 0.25) is 0 Å². The Labute approximate surface area is 143 Å². The zero-order valence-corrected chi connectivity index (χ0v) is 14.9. The highest BCUT2D eigenvalue weighted by atomic mass is 32.1. The molecule has 2 heterocycles. The van der Waals surface area contributed by atoms with Crippen molar-refractivity contribution in [1.29, 1.82) is 0 Å². The number of aromatic nitrogens is 2. The molecule has 2 aromatic heterocycles. The number of hydrogen-bond donors (Lipinski definition) is 1. The van der Waals surface area contributed by atoms with Crippen LogP contribution in [0.4, 0.5) is 0 Å². The number of amides is 1. The lowest BCUT2D eigenvalue weighted by molar-refractivity contribution is -0.128. The lowest BCUT2D eigenvalue weighted by Gasteiger charge is -2.19. The van der Waals surface area contributed by atoms with E-state index in [-0.39, 0.29) is 29.7 Å². The molecule has 2 aromatic rings. The summed E-state index contributed by atoms with van der Waals surface area (Å²) in [5.41, 5.74) is 0.935. The summed E-state index contributed by atoms with van der Waals surface area (Å²) in [6, 6.07) is -0.532. The highest BCUT2D eigenvalue weighted by molar-refractivity contribution is 7.18. The van der Waals surface area contributed by atoms with E-state index < -0.39 is 6.04 Å². The maximum Gasteiger partial charge on any atom is 0.262 e. The van der Waals surface area contributed by atoms with E-state index in [1.54, 1.807) is 11.3 Å². The standard InChI is InChI=1S/C17H21N3O3S/c1-9(2)15(10(3)21)19-13(22)7-20-8-18-16-14(17(20)23)11-5-4-6-12(11)24-16/h8-9,15H,4-7H2,1-3H3,(H,19,22). The Morgan fingerprint density at radius 1 is 1.38 bits per heavy atom. The third-order valence-corrected chi connectivity index (χ3v) is 5.63. The van der Waals surface area contributed by atoms with Gasteiger partial charge in [-0.2, -0.15) is 0 Å². The van der Waals surface area contributed by atoms with Crippen LogP contribution in [0.15, 0.2) is 11.1 Å². The summed E-state index contributed by atoms with van der Waals surface area (Å²) in [6.45, 7) is 5.09. The number of ketones is 1. The number of nitrogens with one attached hydrogen (secondary N) is 1. The fourth-order valence-electron chi connectivity index (χ4n) is 3.24. The van der Waals surface area contributed by atoms with Crippen molar-refractivity contribution in [3.05, 3.63) is 27.1 Å². The number of carbonyl (C=O) groups excluding carboxylic acids is 2. The Bertz CT molecular complexity index is 866. The van der Waals surface area contributed by atoms with Crippen molar-refractivity contribution in [2.75, 3.05) is 0 Å². The minimum Gasteiger partial charge on any atom is -0.344 e. The predicted molar refractivity (Wildman–Crippen MR) is 93.4 cm³/mol. The van der Waals surface area contributed by atoms with Crippen molar-refractivity contribution >= 4 is 33.2 Å². The molecule has 0 radical (unpaired) electrons. The van der Waals surface area contributed by atoms with Gasteiger partial charge in [0.15, 0.2) is 5.78 Å². The first kappa shape index (κ1) is 16.8. The fourth-order valence-corrected chi connectivity index (χ4v) is 4.46. The SMILES string of the molecule is CC(=O)C(NC(=O)Cn1cnc2sc3c(c2c1=O)CCC3)C(C)C. The minimum absolute atomic E-state index is 0.00363. The topological polar surface area (TPSA) is 81.1 Å². The van der Waals surface area contributed by atoms with Crippen LogP contribution in [0.5, 0.6) is 0 Å². The Balaban J connectivity index is 1.85. The van der Waals surface area contributed by atoms with E-state index in [1.165, 1.54) is 22.7 Å². The van der Waals surface area contributed by atoms with Gasteiger partial charge in [-0.05, 0) is 37.7 Å². The van der Waals surface area contributed by atoms with Crippen LogP contribution < -0.4 is 10.9 Å². The van der Waals surface area contributed by atoms with Gasteiger partial charge in [-0.3, -0.25) is 19.0 Å². The molecule has 1 unspecified atom stereocenters. The number of Topliss-reactive ketones (excluding diaryl/α,β-unsaturated/α-hetero) is 1. The molecule has 24 heavy (non-hydrogen) atoms. The van der Waals surface area contributed by atoms with Gasteiger partial charge in [0.05, 0.1) is 17.8 Å². The Morgan fingerprint density at radius 2 is 2.12 bits per heavy atom. The van der Waals surface area contributed by atoms with E-state index in [0.717, 1.165) is 29.7 Å². The second kappa shape index (κ2) is 6.47. The lowest BCUT2D eigenvalue weighted by Crippen LogP contribution is -2.45. The van der Waals surface area contributed by atoms with Gasteiger partial charge in [-0.1, -0.05) is 13.8 Å². The van der Waals surface area contributed by atoms with Gasteiger partial charge in [0.2, 0.25) is 5.91 Å². The fraction of sp³-hybridized carbons (Fsp3) is 0.529. The molecule has 1 aliphatic carbocycles. The summed E-state index contributed by atoms with van der Waals surface area (Å²) in [5, 5.41) is 3.37. The molecule has 0 saturated carbocycles. The Kier molecular flexibility index (Phi) is 4.54. The third-order valence-electron chi connectivity index (χ3n) is 4.43. The van der Waals surface area contributed by atoms with Crippen molar-refractivity contribution in [3.63, 3.8) is 0 Å². The molecular formula is C17H21N3O3S. The first-order valence-corrected chi connectivity index (χ1v) is 8.99. The predicted octanol–water partition coefficient (Wildman–Crippen LogP) is 1.68. The highest BCUT2D eigenvalue weighted by Gasteiger charge is 2.23. The summed E-state index contributed by atoms with van der Waals surface area (Å²) >= 11 is 1.58. The van der Waals surface area contributed by atoms with E-state index in [9.17, 15) is 14.4 Å². The van der Waals surface area contributed by atoms with E-state index in [2.05, 4.69) is 10.3 Å². The van der Waals surface area contributed by atoms with Crippen LogP contribution >= 0.6 is 11.3 Å². The van der Waals surface area contributed by atoms with Crippen molar-refractivity contribution in [1.82, 2.24) is 14.9 Å². The average molecular weight is 347 g/mol. The minimum atomic E-state index is -0.532. The molecule has 1 amide bonds. The Hall–Kier alpha value is -2.02. The van der Waals surface area contributed by atoms with Crippen molar-refractivity contribution < 1.29 is 9.59 Å². The van der Waals surface area contributed by atoms with Crippen molar-refractivity contribution in [2.24, 2.45) is 5.92 Å². The average Bonchev–Trinajstić information content (AvgIpc) is 3.07. The summed E-state index contributed by atoms with van der Waals surface area (Å²) in [5.74, 6) is -0.433. The maximum atomic E-state index is 12.7. The number of fused-ring (bicyclic) bond motifs is 3. The largest absolute Gasteiger partial charge is 0.344 e. The molecule has 7 heteroatoms. The van der Waals surface area contributed by atoms with Gasteiger partial charge in [-0.25, -0.2) is 4.98 Å². The molecule has 0 spiro atoms. The molecule has 0 aromatic carbocycles. The summed E-state index contributed by atoms with van der Waals surface area (Å²) < 4.78 is 1.33. The van der Waals surface area contributed by atoms with Crippen LogP contribution in [-0.4, -0.2) is 27.3 Å². The summed E-state index contributed by atoms with van der Waals surface area (Å²) in [4.78, 5) is 42.9. The number of hydrogen-bond acceptors (Lipinski definition) is 5. The third kappa shape index (κ3) is 3.00. The molecule has 1 N–H and O–H groups in total. The van der Waals surface area contributed by atoms with Crippen LogP contribution in [0, 0.1) is 5.92 Å². The zero-order valence-electron chi connectivity index (χ0n) is 14.1. The van der Waals surface area contributed by atoms with Gasteiger partial charge in [-0.15, -0.1) is 11.3 Å². The number of nitrogens with zero attached hydrogens (tertiary/aromatic N) is 2. The van der Waals surface area contributed by atoms with Gasteiger partial charge in [0.1, 0.15) is 11.4 Å². The maximum absolute atomic E-state index is 12.7. The molecule has 6 nitrogen and oxygen atoms in total. The number of rotatable bonds is 5. The van der Waals surface area contributed by atoms with Crippen LogP contribution in [0.1, 0.15) is 37.6 Å². The number of thiophene rings is 1. The van der Waals surface area contributed by atoms with Crippen molar-refractivity contribution in [3.8, 4) is 0 Å².